The molecule has 2 unspecified atom stereocenters. The number of hydrogen-bond donors (Lipinski definition) is 1. The molecule has 2 atom stereocenters. The van der Waals surface area contributed by atoms with Crippen LogP contribution in [0.25, 0.3) is 0 Å². The molecule has 1 aromatic carbocycles. The van der Waals surface area contributed by atoms with E-state index < -0.39 is 18.2 Å². The Balaban J connectivity index is 0.00000288. The van der Waals surface area contributed by atoms with Crippen molar-refractivity contribution in [2.45, 2.75) is 32.5 Å². The zero-order valence-electron chi connectivity index (χ0n) is 13.1. The number of rotatable bonds is 7. The standard InChI is InChI=1S/C18H20BrNO3.K.H/c1-12(2)10-16(18(21)22)23-17(14-4-3-9-20-11-14)13-5-7-15(19)8-6-13;;/h3-9,11-12,16-17H,10H2,1-2H3,(H,21,22);;. The van der Waals surface area contributed by atoms with Crippen molar-refractivity contribution in [2.24, 2.45) is 5.92 Å². The predicted molar refractivity (Wildman–Crippen MR) is 99.3 cm³/mol. The molecule has 1 heterocycles. The van der Waals surface area contributed by atoms with Gasteiger partial charge < -0.3 is 9.84 Å². The first-order valence-corrected chi connectivity index (χ1v) is 8.30. The molecule has 0 amide bonds. The number of carboxylic acids is 1. The van der Waals surface area contributed by atoms with Crippen molar-refractivity contribution in [3.63, 3.8) is 0 Å². The summed E-state index contributed by atoms with van der Waals surface area (Å²) in [7, 11) is 0. The van der Waals surface area contributed by atoms with Crippen molar-refractivity contribution in [1.82, 2.24) is 4.98 Å². The Morgan fingerprint density at radius 3 is 2.38 bits per heavy atom. The Kier molecular flexibility index (Phi) is 9.89. The zero-order chi connectivity index (χ0) is 16.8. The van der Waals surface area contributed by atoms with Crippen molar-refractivity contribution in [3.8, 4) is 0 Å². The maximum atomic E-state index is 11.5. The van der Waals surface area contributed by atoms with Gasteiger partial charge in [0.15, 0.2) is 6.10 Å². The number of nitrogens with zero attached hydrogens (tertiary/aromatic N) is 1. The van der Waals surface area contributed by atoms with Gasteiger partial charge in [-0.3, -0.25) is 4.98 Å². The van der Waals surface area contributed by atoms with Gasteiger partial charge in [-0.1, -0.05) is 48.0 Å². The van der Waals surface area contributed by atoms with Crippen LogP contribution < -0.4 is 0 Å². The van der Waals surface area contributed by atoms with Gasteiger partial charge in [-0.15, -0.1) is 0 Å². The van der Waals surface area contributed by atoms with Gasteiger partial charge in [0.2, 0.25) is 0 Å². The van der Waals surface area contributed by atoms with Crippen molar-refractivity contribution in [3.05, 3.63) is 64.4 Å². The third-order valence-corrected chi connectivity index (χ3v) is 3.95. The van der Waals surface area contributed by atoms with Crippen molar-refractivity contribution in [1.29, 1.82) is 0 Å². The summed E-state index contributed by atoms with van der Waals surface area (Å²) < 4.78 is 6.94. The number of carboxylic acid groups (broad SMARTS) is 1. The van der Waals surface area contributed by atoms with Crippen LogP contribution in [0.5, 0.6) is 0 Å². The van der Waals surface area contributed by atoms with Crippen LogP contribution in [-0.4, -0.2) is 73.5 Å². The van der Waals surface area contributed by atoms with Gasteiger partial charge in [-0.2, -0.15) is 0 Å². The van der Waals surface area contributed by atoms with E-state index in [0.29, 0.717) is 6.42 Å². The Morgan fingerprint density at radius 1 is 1.21 bits per heavy atom. The average molecular weight is 418 g/mol. The summed E-state index contributed by atoms with van der Waals surface area (Å²) in [5, 5.41) is 9.46. The van der Waals surface area contributed by atoms with Gasteiger partial charge in [0.1, 0.15) is 6.10 Å². The summed E-state index contributed by atoms with van der Waals surface area (Å²) in [5.74, 6) is -0.708. The molecule has 4 nitrogen and oxygen atoms in total. The first kappa shape index (κ1) is 22.0. The van der Waals surface area contributed by atoms with Gasteiger partial charge >= 0.3 is 57.4 Å². The minimum atomic E-state index is -0.940. The second-order valence-corrected chi connectivity index (χ2v) is 6.73. The second-order valence-electron chi connectivity index (χ2n) is 5.81. The van der Waals surface area contributed by atoms with Crippen LogP contribution in [0, 0.1) is 5.92 Å². The van der Waals surface area contributed by atoms with Crippen LogP contribution in [0.4, 0.5) is 0 Å². The fourth-order valence-corrected chi connectivity index (χ4v) is 2.59. The quantitative estimate of drug-likeness (QED) is 0.695. The maximum absolute atomic E-state index is 11.5. The van der Waals surface area contributed by atoms with E-state index in [1.807, 2.05) is 50.2 Å². The van der Waals surface area contributed by atoms with E-state index in [1.165, 1.54) is 0 Å². The molecule has 124 valence electrons. The average Bonchev–Trinajstić information content (AvgIpc) is 2.53. The van der Waals surface area contributed by atoms with E-state index in [0.717, 1.165) is 15.6 Å². The Labute approximate surface area is 193 Å². The molecular formula is C18H21BrKNO3. The molecular weight excluding hydrogens is 397 g/mol. The number of halogens is 1. The number of benzene rings is 1. The molecule has 2 rings (SSSR count). The zero-order valence-corrected chi connectivity index (χ0v) is 14.7. The Bertz CT molecular complexity index is 634. The fraction of sp³-hybridized carbons (Fsp3) is 0.333. The number of pyridine rings is 1. The molecule has 1 aromatic heterocycles. The first-order chi connectivity index (χ1) is 11.0. The first-order valence-electron chi connectivity index (χ1n) is 7.51. The normalized spacial score (nSPS) is 13.2. The summed E-state index contributed by atoms with van der Waals surface area (Å²) in [4.78, 5) is 15.7. The SMILES string of the molecule is CC(C)CC(OC(c1ccc(Br)cc1)c1cccnc1)C(=O)O.[KH]. The molecule has 0 aliphatic rings. The monoisotopic (exact) mass is 417 g/mol. The molecule has 0 spiro atoms. The van der Waals surface area contributed by atoms with Gasteiger partial charge in [0, 0.05) is 22.4 Å². The van der Waals surface area contributed by atoms with Crippen molar-refractivity contribution >= 4 is 73.3 Å². The molecule has 0 aliphatic heterocycles. The van der Waals surface area contributed by atoms with E-state index in [-0.39, 0.29) is 57.3 Å². The van der Waals surface area contributed by atoms with Crippen LogP contribution in [0.15, 0.2) is 53.3 Å². The second kappa shape index (κ2) is 10.8. The van der Waals surface area contributed by atoms with E-state index in [1.54, 1.807) is 12.4 Å². The third-order valence-electron chi connectivity index (χ3n) is 3.42. The summed E-state index contributed by atoms with van der Waals surface area (Å²) >= 11 is 3.41. The summed E-state index contributed by atoms with van der Waals surface area (Å²) in [6.07, 6.45) is 2.54. The van der Waals surface area contributed by atoms with Crippen LogP contribution in [0.2, 0.25) is 0 Å². The molecule has 0 saturated heterocycles. The van der Waals surface area contributed by atoms with Gasteiger partial charge in [0.05, 0.1) is 0 Å². The number of hydrogen-bond acceptors (Lipinski definition) is 3. The van der Waals surface area contributed by atoms with Gasteiger partial charge in [0.25, 0.3) is 0 Å². The summed E-state index contributed by atoms with van der Waals surface area (Å²) in [6, 6.07) is 11.4. The Morgan fingerprint density at radius 2 is 1.88 bits per heavy atom. The molecule has 0 bridgehead atoms. The molecule has 0 aliphatic carbocycles. The molecule has 0 saturated carbocycles. The van der Waals surface area contributed by atoms with Crippen molar-refractivity contribution < 1.29 is 14.6 Å². The summed E-state index contributed by atoms with van der Waals surface area (Å²) in [6.45, 7) is 3.97. The van der Waals surface area contributed by atoms with E-state index in [9.17, 15) is 9.90 Å². The number of aromatic nitrogens is 1. The molecule has 0 fully saturated rings. The van der Waals surface area contributed by atoms with E-state index in [4.69, 9.17) is 4.74 Å². The van der Waals surface area contributed by atoms with Crippen LogP contribution >= 0.6 is 15.9 Å². The minimum absolute atomic E-state index is 0. The molecule has 6 heteroatoms. The van der Waals surface area contributed by atoms with Crippen LogP contribution in [-0.2, 0) is 9.53 Å². The molecule has 2 aromatic rings. The number of carbonyl (C=O) groups is 1. The predicted octanol–water partition coefficient (Wildman–Crippen LogP) is 3.80. The fourth-order valence-electron chi connectivity index (χ4n) is 2.33. The molecule has 0 radical (unpaired) electrons. The number of ether oxygens (including phenoxy) is 1. The molecule has 24 heavy (non-hydrogen) atoms. The topological polar surface area (TPSA) is 59.4 Å². The summed E-state index contributed by atoms with van der Waals surface area (Å²) in [5.41, 5.74) is 1.74. The third kappa shape index (κ3) is 6.67. The van der Waals surface area contributed by atoms with E-state index >= 15 is 0 Å². The van der Waals surface area contributed by atoms with Gasteiger partial charge in [-0.25, -0.2) is 4.79 Å². The van der Waals surface area contributed by atoms with Crippen LogP contribution in [0.3, 0.4) is 0 Å². The molecule has 1 N–H and O–H groups in total. The van der Waals surface area contributed by atoms with E-state index in [2.05, 4.69) is 20.9 Å². The van der Waals surface area contributed by atoms with Crippen molar-refractivity contribution in [2.75, 3.05) is 0 Å². The van der Waals surface area contributed by atoms with Crippen LogP contribution in [0.1, 0.15) is 37.5 Å². The Hall–Kier alpha value is -0.0836. The van der Waals surface area contributed by atoms with Gasteiger partial charge in [-0.05, 0) is 36.1 Å². The number of aliphatic carboxylic acids is 1.